The summed E-state index contributed by atoms with van der Waals surface area (Å²) in [5.74, 6) is 0.516. The lowest BCUT2D eigenvalue weighted by Crippen LogP contribution is -2.42. The first kappa shape index (κ1) is 21.6. The minimum atomic E-state index is -0.218. The highest BCUT2D eigenvalue weighted by Crippen LogP contribution is 2.18. The van der Waals surface area contributed by atoms with Crippen LogP contribution in [0.2, 0.25) is 0 Å². The maximum Gasteiger partial charge on any atom is 0.191 e. The molecule has 7 heteroatoms. The average Bonchev–Trinajstić information content (AvgIpc) is 3.16. The topological polar surface area (TPSA) is 58.1 Å². The van der Waals surface area contributed by atoms with E-state index in [1.165, 1.54) is 6.07 Å². The van der Waals surface area contributed by atoms with E-state index in [4.69, 9.17) is 9.47 Å². The highest BCUT2D eigenvalue weighted by Gasteiger charge is 2.16. The maximum atomic E-state index is 13.5. The Labute approximate surface area is 162 Å². The summed E-state index contributed by atoms with van der Waals surface area (Å²) in [5, 5.41) is 6.61. The first-order chi connectivity index (χ1) is 13.1. The number of nitrogens with zero attached hydrogens (tertiary/aromatic N) is 2. The molecule has 2 unspecified atom stereocenters. The van der Waals surface area contributed by atoms with Crippen molar-refractivity contribution in [2.45, 2.75) is 31.4 Å². The van der Waals surface area contributed by atoms with Gasteiger partial charge in [-0.3, -0.25) is 4.99 Å². The van der Waals surface area contributed by atoms with Crippen LogP contribution in [0.25, 0.3) is 0 Å². The van der Waals surface area contributed by atoms with E-state index in [1.54, 1.807) is 19.2 Å². The van der Waals surface area contributed by atoms with Gasteiger partial charge in [-0.05, 0) is 51.1 Å². The summed E-state index contributed by atoms with van der Waals surface area (Å²) < 4.78 is 24.7. The highest BCUT2D eigenvalue weighted by molar-refractivity contribution is 5.79. The quantitative estimate of drug-likeness (QED) is 0.370. The number of hydrogen-bond acceptors (Lipinski definition) is 4. The molecule has 0 amide bonds. The summed E-state index contributed by atoms with van der Waals surface area (Å²) in [6.07, 6.45) is 3.42. The average molecular weight is 381 g/mol. The molecule has 0 spiro atoms. The van der Waals surface area contributed by atoms with E-state index in [0.717, 1.165) is 43.9 Å². The molecule has 1 aromatic carbocycles. The second-order valence-corrected chi connectivity index (χ2v) is 6.98. The van der Waals surface area contributed by atoms with Crippen LogP contribution in [0, 0.1) is 5.82 Å². The van der Waals surface area contributed by atoms with Crippen LogP contribution in [0.3, 0.4) is 0 Å². The molecule has 2 N–H and O–H groups in total. The largest absolute Gasteiger partial charge is 0.379 e. The Morgan fingerprint density at radius 3 is 2.93 bits per heavy atom. The van der Waals surface area contributed by atoms with Crippen molar-refractivity contribution in [2.75, 3.05) is 54.1 Å². The van der Waals surface area contributed by atoms with E-state index in [1.807, 2.05) is 20.2 Å². The van der Waals surface area contributed by atoms with Crippen molar-refractivity contribution in [1.82, 2.24) is 15.5 Å². The van der Waals surface area contributed by atoms with E-state index >= 15 is 0 Å². The van der Waals surface area contributed by atoms with Gasteiger partial charge in [0.15, 0.2) is 5.96 Å². The van der Waals surface area contributed by atoms with Crippen molar-refractivity contribution in [3.63, 3.8) is 0 Å². The van der Waals surface area contributed by atoms with Gasteiger partial charge in [-0.15, -0.1) is 0 Å². The van der Waals surface area contributed by atoms with Gasteiger partial charge in [0.1, 0.15) is 5.82 Å². The second-order valence-electron chi connectivity index (χ2n) is 6.98. The Balaban J connectivity index is 1.67. The SMILES string of the molecule is CN=C(NCCCOCC1CCCO1)NCC(c1cccc(F)c1)N(C)C. The van der Waals surface area contributed by atoms with E-state index in [2.05, 4.69) is 20.5 Å². The first-order valence-corrected chi connectivity index (χ1v) is 9.66. The fourth-order valence-electron chi connectivity index (χ4n) is 3.10. The van der Waals surface area contributed by atoms with Crippen molar-refractivity contribution in [1.29, 1.82) is 0 Å². The maximum absolute atomic E-state index is 13.5. The number of guanidine groups is 1. The second kappa shape index (κ2) is 11.9. The number of halogens is 1. The summed E-state index contributed by atoms with van der Waals surface area (Å²) in [4.78, 5) is 6.32. The third-order valence-corrected chi connectivity index (χ3v) is 4.63. The monoisotopic (exact) mass is 380 g/mol. The molecule has 1 aromatic rings. The zero-order valence-electron chi connectivity index (χ0n) is 16.7. The predicted octanol–water partition coefficient (Wildman–Crippen LogP) is 2.18. The molecule has 27 heavy (non-hydrogen) atoms. The molecule has 1 fully saturated rings. The van der Waals surface area contributed by atoms with E-state index in [-0.39, 0.29) is 18.0 Å². The minimum Gasteiger partial charge on any atom is -0.379 e. The molecule has 0 bridgehead atoms. The number of rotatable bonds is 10. The van der Waals surface area contributed by atoms with Gasteiger partial charge >= 0.3 is 0 Å². The molecule has 1 heterocycles. The van der Waals surface area contributed by atoms with Crippen molar-refractivity contribution in [3.05, 3.63) is 35.6 Å². The lowest BCUT2D eigenvalue weighted by molar-refractivity contribution is 0.0168. The molecule has 2 rings (SSSR count). The summed E-state index contributed by atoms with van der Waals surface area (Å²) in [6.45, 7) is 3.66. The summed E-state index contributed by atoms with van der Waals surface area (Å²) >= 11 is 0. The van der Waals surface area contributed by atoms with Crippen molar-refractivity contribution >= 4 is 5.96 Å². The molecule has 1 saturated heterocycles. The summed E-state index contributed by atoms with van der Waals surface area (Å²) in [6, 6.07) is 6.77. The predicted molar refractivity (Wildman–Crippen MR) is 107 cm³/mol. The smallest absolute Gasteiger partial charge is 0.191 e. The van der Waals surface area contributed by atoms with Crippen LogP contribution in [-0.2, 0) is 9.47 Å². The Morgan fingerprint density at radius 1 is 1.41 bits per heavy atom. The molecule has 1 aliphatic rings. The standard InChI is InChI=1S/C20H33FN4O2/c1-22-20(23-10-6-11-26-15-18-9-5-12-27-18)24-14-19(25(2)3)16-7-4-8-17(21)13-16/h4,7-8,13,18-19H,5-6,9-12,14-15H2,1-3H3,(H2,22,23,24). The van der Waals surface area contributed by atoms with Crippen molar-refractivity contribution in [2.24, 2.45) is 4.99 Å². The Morgan fingerprint density at radius 2 is 2.26 bits per heavy atom. The number of hydrogen-bond donors (Lipinski definition) is 2. The van der Waals surface area contributed by atoms with Gasteiger partial charge in [0.05, 0.1) is 18.8 Å². The van der Waals surface area contributed by atoms with Gasteiger partial charge in [-0.25, -0.2) is 4.39 Å². The fourth-order valence-corrected chi connectivity index (χ4v) is 3.10. The molecular weight excluding hydrogens is 347 g/mol. The molecular formula is C20H33FN4O2. The van der Waals surface area contributed by atoms with Crippen LogP contribution < -0.4 is 10.6 Å². The van der Waals surface area contributed by atoms with Crippen LogP contribution in [0.15, 0.2) is 29.3 Å². The van der Waals surface area contributed by atoms with Gasteiger partial charge in [0.25, 0.3) is 0 Å². The van der Waals surface area contributed by atoms with Gasteiger partial charge in [0.2, 0.25) is 0 Å². The Kier molecular flexibility index (Phi) is 9.52. The van der Waals surface area contributed by atoms with Gasteiger partial charge in [-0.2, -0.15) is 0 Å². The fraction of sp³-hybridized carbons (Fsp3) is 0.650. The van der Waals surface area contributed by atoms with Crippen LogP contribution in [0.1, 0.15) is 30.9 Å². The third-order valence-electron chi connectivity index (χ3n) is 4.63. The van der Waals surface area contributed by atoms with Crippen LogP contribution >= 0.6 is 0 Å². The minimum absolute atomic E-state index is 0.0500. The van der Waals surface area contributed by atoms with Crippen LogP contribution in [0.4, 0.5) is 4.39 Å². The number of ether oxygens (including phenoxy) is 2. The molecule has 0 saturated carbocycles. The zero-order chi connectivity index (χ0) is 19.5. The Bertz CT molecular complexity index is 577. The number of benzene rings is 1. The molecule has 152 valence electrons. The van der Waals surface area contributed by atoms with E-state index < -0.39 is 0 Å². The molecule has 0 radical (unpaired) electrons. The highest BCUT2D eigenvalue weighted by atomic mass is 19.1. The van der Waals surface area contributed by atoms with Crippen molar-refractivity contribution < 1.29 is 13.9 Å². The van der Waals surface area contributed by atoms with E-state index in [0.29, 0.717) is 19.8 Å². The Hall–Kier alpha value is -1.70. The number of aliphatic imine (C=N–C) groups is 1. The number of nitrogens with one attached hydrogen (secondary N) is 2. The molecule has 6 nitrogen and oxygen atoms in total. The lowest BCUT2D eigenvalue weighted by atomic mass is 10.1. The normalized spacial score (nSPS) is 18.7. The van der Waals surface area contributed by atoms with E-state index in [9.17, 15) is 4.39 Å². The third kappa shape index (κ3) is 7.82. The summed E-state index contributed by atoms with van der Waals surface area (Å²) in [5.41, 5.74) is 0.936. The zero-order valence-corrected chi connectivity index (χ0v) is 16.7. The molecule has 2 atom stereocenters. The van der Waals surface area contributed by atoms with Gasteiger partial charge in [0, 0.05) is 33.4 Å². The van der Waals surface area contributed by atoms with Crippen LogP contribution in [0.5, 0.6) is 0 Å². The lowest BCUT2D eigenvalue weighted by Gasteiger charge is -2.26. The van der Waals surface area contributed by atoms with Crippen LogP contribution in [-0.4, -0.2) is 71.0 Å². The summed E-state index contributed by atoms with van der Waals surface area (Å²) in [7, 11) is 5.72. The van der Waals surface area contributed by atoms with Gasteiger partial charge in [-0.1, -0.05) is 12.1 Å². The first-order valence-electron chi connectivity index (χ1n) is 9.66. The molecule has 0 aliphatic carbocycles. The number of likely N-dealkylation sites (N-methyl/N-ethyl adjacent to an activating group) is 1. The van der Waals surface area contributed by atoms with Gasteiger partial charge < -0.3 is 25.0 Å². The molecule has 0 aromatic heterocycles. The van der Waals surface area contributed by atoms with Crippen molar-refractivity contribution in [3.8, 4) is 0 Å². The molecule has 1 aliphatic heterocycles.